The van der Waals surface area contributed by atoms with Crippen LogP contribution in [0.4, 0.5) is 4.39 Å². The summed E-state index contributed by atoms with van der Waals surface area (Å²) in [5.74, 6) is -0.283. The molecule has 0 atom stereocenters. The number of hydrogen-bond donors (Lipinski definition) is 1. The number of hydrogen-bond acceptors (Lipinski definition) is 1. The second kappa shape index (κ2) is 3.38. The lowest BCUT2D eigenvalue weighted by molar-refractivity contribution is 0.628. The van der Waals surface area contributed by atoms with E-state index in [9.17, 15) is 9.18 Å². The molecule has 0 aliphatic rings. The first-order chi connectivity index (χ1) is 7.09. The van der Waals surface area contributed by atoms with Gasteiger partial charge in [0.2, 0.25) is 0 Å². The smallest absolute Gasteiger partial charge is 0.269 e. The minimum atomic E-state index is -0.283. The van der Waals surface area contributed by atoms with Crippen molar-refractivity contribution >= 4 is 0 Å². The predicted molar refractivity (Wildman–Crippen MR) is 56.2 cm³/mol. The molecule has 3 nitrogen and oxygen atoms in total. The molecule has 0 aliphatic carbocycles. The van der Waals surface area contributed by atoms with Gasteiger partial charge in [-0.05, 0) is 31.2 Å². The van der Waals surface area contributed by atoms with Crippen LogP contribution < -0.4 is 5.56 Å². The summed E-state index contributed by atoms with van der Waals surface area (Å²) < 4.78 is 14.1. The molecule has 0 amide bonds. The van der Waals surface area contributed by atoms with Crippen LogP contribution in [0.2, 0.25) is 0 Å². The van der Waals surface area contributed by atoms with Crippen LogP contribution in [0.1, 0.15) is 5.56 Å². The molecule has 0 spiro atoms. The molecule has 0 radical (unpaired) electrons. The van der Waals surface area contributed by atoms with E-state index in [1.54, 1.807) is 26.1 Å². The van der Waals surface area contributed by atoms with Crippen LogP contribution in [0.25, 0.3) is 11.3 Å². The Bertz CT molecular complexity index is 537. The molecule has 2 aromatic rings. The molecule has 1 aromatic carbocycles. The molecule has 0 fully saturated rings. The van der Waals surface area contributed by atoms with Crippen molar-refractivity contribution in [2.24, 2.45) is 7.05 Å². The molecule has 2 rings (SSSR count). The number of benzene rings is 1. The number of rotatable bonds is 1. The van der Waals surface area contributed by atoms with Gasteiger partial charge in [0, 0.05) is 18.2 Å². The summed E-state index contributed by atoms with van der Waals surface area (Å²) >= 11 is 0. The highest BCUT2D eigenvalue weighted by atomic mass is 19.1. The summed E-state index contributed by atoms with van der Waals surface area (Å²) in [5.41, 5.74) is 2.13. The third kappa shape index (κ3) is 1.58. The molecule has 0 bridgehead atoms. The Balaban J connectivity index is 2.59. The highest BCUT2D eigenvalue weighted by Crippen LogP contribution is 2.18. The van der Waals surface area contributed by atoms with Crippen molar-refractivity contribution in [1.82, 2.24) is 9.78 Å². The van der Waals surface area contributed by atoms with Gasteiger partial charge in [0.25, 0.3) is 5.56 Å². The van der Waals surface area contributed by atoms with Crippen molar-refractivity contribution in [3.8, 4) is 11.3 Å². The van der Waals surface area contributed by atoms with Crippen LogP contribution in [0.15, 0.2) is 29.1 Å². The number of aromatic nitrogens is 2. The standard InChI is InChI=1S/C11H11FN2O/c1-7-10(13-14(2)11(7)15)8-3-5-9(12)6-4-8/h3-6,13H,1-2H3. The molecule has 1 heterocycles. The number of H-pyrrole nitrogens is 1. The van der Waals surface area contributed by atoms with Crippen molar-refractivity contribution in [3.63, 3.8) is 0 Å². The summed E-state index contributed by atoms with van der Waals surface area (Å²) in [4.78, 5) is 11.5. The lowest BCUT2D eigenvalue weighted by Gasteiger charge is -1.98. The van der Waals surface area contributed by atoms with Crippen molar-refractivity contribution in [2.45, 2.75) is 6.92 Å². The van der Waals surface area contributed by atoms with Crippen LogP contribution >= 0.6 is 0 Å². The summed E-state index contributed by atoms with van der Waals surface area (Å²) in [6.45, 7) is 1.75. The number of nitrogens with zero attached hydrogens (tertiary/aromatic N) is 1. The van der Waals surface area contributed by atoms with Gasteiger partial charge in [-0.25, -0.2) is 4.39 Å². The maximum absolute atomic E-state index is 12.7. The summed E-state index contributed by atoms with van der Waals surface area (Å²) in [6.07, 6.45) is 0. The fourth-order valence-corrected chi connectivity index (χ4v) is 1.56. The minimum Gasteiger partial charge on any atom is -0.295 e. The molecule has 15 heavy (non-hydrogen) atoms. The van der Waals surface area contributed by atoms with E-state index in [0.29, 0.717) is 5.56 Å². The second-order valence-corrected chi connectivity index (χ2v) is 3.48. The molecule has 0 unspecified atom stereocenters. The Morgan fingerprint density at radius 2 is 1.87 bits per heavy atom. The van der Waals surface area contributed by atoms with Gasteiger partial charge in [-0.1, -0.05) is 0 Å². The van der Waals surface area contributed by atoms with E-state index in [2.05, 4.69) is 5.10 Å². The molecular weight excluding hydrogens is 195 g/mol. The Labute approximate surface area is 86.2 Å². The van der Waals surface area contributed by atoms with Gasteiger partial charge in [0.05, 0.1) is 5.69 Å². The second-order valence-electron chi connectivity index (χ2n) is 3.48. The zero-order valence-electron chi connectivity index (χ0n) is 8.54. The molecule has 0 aliphatic heterocycles. The third-order valence-electron chi connectivity index (χ3n) is 2.41. The van der Waals surface area contributed by atoms with E-state index in [1.165, 1.54) is 16.8 Å². The van der Waals surface area contributed by atoms with E-state index in [0.717, 1.165) is 11.3 Å². The molecule has 0 saturated heterocycles. The summed E-state index contributed by atoms with van der Waals surface area (Å²) in [7, 11) is 1.66. The normalized spacial score (nSPS) is 10.6. The van der Waals surface area contributed by atoms with Crippen LogP contribution in [-0.2, 0) is 7.05 Å². The van der Waals surface area contributed by atoms with E-state index >= 15 is 0 Å². The zero-order valence-corrected chi connectivity index (χ0v) is 8.54. The first kappa shape index (κ1) is 9.71. The van der Waals surface area contributed by atoms with Crippen LogP contribution in [0.5, 0.6) is 0 Å². The van der Waals surface area contributed by atoms with Gasteiger partial charge in [-0.3, -0.25) is 14.6 Å². The molecule has 1 aromatic heterocycles. The zero-order chi connectivity index (χ0) is 11.0. The predicted octanol–water partition coefficient (Wildman–Crippen LogP) is 1.83. The molecular formula is C11H11FN2O. The van der Waals surface area contributed by atoms with Gasteiger partial charge in [0.1, 0.15) is 5.82 Å². The van der Waals surface area contributed by atoms with Crippen LogP contribution in [-0.4, -0.2) is 9.78 Å². The number of aryl methyl sites for hydroxylation is 1. The third-order valence-corrected chi connectivity index (χ3v) is 2.41. The minimum absolute atomic E-state index is 0.0608. The van der Waals surface area contributed by atoms with Crippen molar-refractivity contribution in [1.29, 1.82) is 0 Å². The van der Waals surface area contributed by atoms with Gasteiger partial charge in [-0.2, -0.15) is 0 Å². The first-order valence-electron chi connectivity index (χ1n) is 4.61. The monoisotopic (exact) mass is 206 g/mol. The first-order valence-corrected chi connectivity index (χ1v) is 4.61. The Hall–Kier alpha value is -1.84. The van der Waals surface area contributed by atoms with Crippen molar-refractivity contribution in [2.75, 3.05) is 0 Å². The maximum atomic E-state index is 12.7. The number of aromatic amines is 1. The van der Waals surface area contributed by atoms with Gasteiger partial charge >= 0.3 is 0 Å². The fourth-order valence-electron chi connectivity index (χ4n) is 1.56. The van der Waals surface area contributed by atoms with Gasteiger partial charge in [0.15, 0.2) is 0 Å². The average molecular weight is 206 g/mol. The average Bonchev–Trinajstić information content (AvgIpc) is 2.47. The Morgan fingerprint density at radius 3 is 2.33 bits per heavy atom. The van der Waals surface area contributed by atoms with Gasteiger partial charge in [-0.15, -0.1) is 0 Å². The molecule has 1 N–H and O–H groups in total. The SMILES string of the molecule is Cc1c(-c2ccc(F)cc2)[nH]n(C)c1=O. The lowest BCUT2D eigenvalue weighted by atomic mass is 10.1. The van der Waals surface area contributed by atoms with Crippen molar-refractivity contribution < 1.29 is 4.39 Å². The van der Waals surface area contributed by atoms with Gasteiger partial charge < -0.3 is 0 Å². The van der Waals surface area contributed by atoms with E-state index in [4.69, 9.17) is 0 Å². The summed E-state index contributed by atoms with van der Waals surface area (Å²) in [5, 5.41) is 2.93. The van der Waals surface area contributed by atoms with E-state index in [-0.39, 0.29) is 11.4 Å². The lowest BCUT2D eigenvalue weighted by Crippen LogP contribution is -2.12. The fraction of sp³-hybridized carbons (Fsp3) is 0.182. The summed E-state index contributed by atoms with van der Waals surface area (Å²) in [6, 6.07) is 6.04. The Morgan fingerprint density at radius 1 is 1.27 bits per heavy atom. The molecule has 0 saturated carbocycles. The highest BCUT2D eigenvalue weighted by Gasteiger charge is 2.09. The Kier molecular flexibility index (Phi) is 2.19. The molecule has 78 valence electrons. The number of halogens is 1. The maximum Gasteiger partial charge on any atom is 0.269 e. The highest BCUT2D eigenvalue weighted by molar-refractivity contribution is 5.62. The van der Waals surface area contributed by atoms with E-state index in [1.807, 2.05) is 0 Å². The molecule has 4 heteroatoms. The van der Waals surface area contributed by atoms with E-state index < -0.39 is 0 Å². The number of nitrogens with one attached hydrogen (secondary N) is 1. The van der Waals surface area contributed by atoms with Crippen LogP contribution in [0, 0.1) is 12.7 Å². The topological polar surface area (TPSA) is 37.8 Å². The quantitative estimate of drug-likeness (QED) is 0.759. The largest absolute Gasteiger partial charge is 0.295 e. The van der Waals surface area contributed by atoms with Crippen LogP contribution in [0.3, 0.4) is 0 Å². The van der Waals surface area contributed by atoms with Crippen molar-refractivity contribution in [3.05, 3.63) is 46.0 Å².